The molecule has 0 aromatic heterocycles. The quantitative estimate of drug-likeness (QED) is 0.500. The normalized spacial score (nSPS) is 12.6. The van der Waals surface area contributed by atoms with Crippen LogP contribution in [0.2, 0.25) is 0 Å². The Kier molecular flexibility index (Phi) is 8.32. The number of methoxy groups -OCH3 is 1. The van der Waals surface area contributed by atoms with E-state index < -0.39 is 11.6 Å². The molecular weight excluding hydrogens is 372 g/mol. The first-order chi connectivity index (χ1) is 13.7. The fourth-order valence-corrected chi connectivity index (χ4v) is 3.26. The minimum absolute atomic E-state index is 0.0275. The van der Waals surface area contributed by atoms with Crippen molar-refractivity contribution in [2.24, 2.45) is 5.92 Å². The predicted molar refractivity (Wildman–Crippen MR) is 113 cm³/mol. The molecule has 2 rings (SSSR count). The zero-order valence-corrected chi connectivity index (χ0v) is 17.7. The summed E-state index contributed by atoms with van der Waals surface area (Å²) in [6, 6.07) is 10.5. The van der Waals surface area contributed by atoms with Crippen LogP contribution in [0.4, 0.5) is 14.5 Å². The van der Waals surface area contributed by atoms with Crippen LogP contribution >= 0.6 is 0 Å². The Hall–Kier alpha value is -2.27. The Bertz CT molecular complexity index is 820. The standard InChI is InChI=1S/C24H31F2NO2/c1-17(8-7-15-24(2,3)29-4)11-12-18-9-5-6-10-20(18)23(28)27-22-14-13-19(25)16-21(22)26/h5-6,9-10,13-14,16-17H,7-8,11-12,15H2,1-4H3,(H,27,28). The van der Waals surface area contributed by atoms with Crippen LogP contribution in [0.15, 0.2) is 42.5 Å². The lowest BCUT2D eigenvalue weighted by Crippen LogP contribution is -2.22. The third-order valence-corrected chi connectivity index (χ3v) is 5.38. The van der Waals surface area contributed by atoms with Crippen LogP contribution < -0.4 is 5.32 Å². The monoisotopic (exact) mass is 403 g/mol. The van der Waals surface area contributed by atoms with Gasteiger partial charge in [-0.15, -0.1) is 0 Å². The summed E-state index contributed by atoms with van der Waals surface area (Å²) in [4.78, 5) is 12.6. The topological polar surface area (TPSA) is 38.3 Å². The summed E-state index contributed by atoms with van der Waals surface area (Å²) in [6.07, 6.45) is 4.93. The van der Waals surface area contributed by atoms with Gasteiger partial charge >= 0.3 is 0 Å². The second-order valence-electron chi connectivity index (χ2n) is 8.24. The van der Waals surface area contributed by atoms with Crippen molar-refractivity contribution in [3.63, 3.8) is 0 Å². The molecule has 0 aliphatic carbocycles. The molecule has 0 bridgehead atoms. The lowest BCUT2D eigenvalue weighted by Gasteiger charge is -2.23. The molecule has 1 N–H and O–H groups in total. The molecule has 0 heterocycles. The average Bonchev–Trinajstić information content (AvgIpc) is 2.68. The highest BCUT2D eigenvalue weighted by Crippen LogP contribution is 2.23. The molecule has 0 spiro atoms. The molecule has 0 aliphatic heterocycles. The minimum atomic E-state index is -0.788. The van der Waals surface area contributed by atoms with E-state index in [1.54, 1.807) is 19.2 Å². The van der Waals surface area contributed by atoms with Crippen molar-refractivity contribution in [3.05, 3.63) is 65.2 Å². The summed E-state index contributed by atoms with van der Waals surface area (Å²) in [5.41, 5.74) is 1.32. The second-order valence-corrected chi connectivity index (χ2v) is 8.24. The molecule has 1 unspecified atom stereocenters. The number of aryl methyl sites for hydroxylation is 1. The van der Waals surface area contributed by atoms with Crippen LogP contribution in [0.25, 0.3) is 0 Å². The number of amides is 1. The average molecular weight is 404 g/mol. The van der Waals surface area contributed by atoms with Crippen molar-refractivity contribution in [2.75, 3.05) is 12.4 Å². The lowest BCUT2D eigenvalue weighted by molar-refractivity contribution is 0.0127. The maximum absolute atomic E-state index is 13.8. The van der Waals surface area contributed by atoms with Gasteiger partial charge in [0.1, 0.15) is 11.6 Å². The maximum atomic E-state index is 13.8. The highest BCUT2D eigenvalue weighted by Gasteiger charge is 2.17. The van der Waals surface area contributed by atoms with E-state index in [4.69, 9.17) is 4.74 Å². The Balaban J connectivity index is 1.95. The summed E-state index contributed by atoms with van der Waals surface area (Å²) < 4.78 is 32.4. The number of hydrogen-bond acceptors (Lipinski definition) is 2. The van der Waals surface area contributed by atoms with Gasteiger partial charge < -0.3 is 10.1 Å². The molecular formula is C24H31F2NO2. The number of anilines is 1. The van der Waals surface area contributed by atoms with E-state index in [9.17, 15) is 13.6 Å². The van der Waals surface area contributed by atoms with Gasteiger partial charge in [0, 0.05) is 18.7 Å². The minimum Gasteiger partial charge on any atom is -0.379 e. The number of halogens is 2. The second kappa shape index (κ2) is 10.5. The zero-order valence-electron chi connectivity index (χ0n) is 17.7. The lowest BCUT2D eigenvalue weighted by atomic mass is 9.91. The molecule has 0 fully saturated rings. The van der Waals surface area contributed by atoms with Crippen LogP contribution in [0, 0.1) is 17.6 Å². The van der Waals surface area contributed by atoms with E-state index in [-0.39, 0.29) is 17.2 Å². The number of nitrogens with one attached hydrogen (secondary N) is 1. The fourth-order valence-electron chi connectivity index (χ4n) is 3.26. The SMILES string of the molecule is COC(C)(C)CCCC(C)CCc1ccccc1C(=O)Nc1ccc(F)cc1F. The van der Waals surface area contributed by atoms with Gasteiger partial charge in [0.05, 0.1) is 11.3 Å². The number of carbonyl (C=O) groups excluding carboxylic acids is 1. The van der Waals surface area contributed by atoms with Crippen LogP contribution in [0.1, 0.15) is 62.4 Å². The van der Waals surface area contributed by atoms with E-state index in [1.165, 1.54) is 6.07 Å². The first-order valence-corrected chi connectivity index (χ1v) is 10.1. The van der Waals surface area contributed by atoms with Gasteiger partial charge in [0.25, 0.3) is 5.91 Å². The smallest absolute Gasteiger partial charge is 0.256 e. The Labute approximate surface area is 172 Å². The fraction of sp³-hybridized carbons (Fsp3) is 0.458. The molecule has 2 aromatic carbocycles. The van der Waals surface area contributed by atoms with Gasteiger partial charge in [-0.1, -0.05) is 38.0 Å². The molecule has 0 aliphatic rings. The molecule has 158 valence electrons. The van der Waals surface area contributed by atoms with Crippen LogP contribution in [-0.2, 0) is 11.2 Å². The van der Waals surface area contributed by atoms with Crippen molar-refractivity contribution < 1.29 is 18.3 Å². The van der Waals surface area contributed by atoms with E-state index in [0.29, 0.717) is 11.5 Å². The first-order valence-electron chi connectivity index (χ1n) is 10.1. The highest BCUT2D eigenvalue weighted by atomic mass is 19.1. The molecule has 0 radical (unpaired) electrons. The molecule has 0 saturated heterocycles. The third kappa shape index (κ3) is 7.24. The van der Waals surface area contributed by atoms with E-state index in [0.717, 1.165) is 49.8 Å². The molecule has 1 amide bonds. The maximum Gasteiger partial charge on any atom is 0.256 e. The molecule has 1 atom stereocenters. The largest absolute Gasteiger partial charge is 0.379 e. The number of hydrogen-bond donors (Lipinski definition) is 1. The molecule has 0 saturated carbocycles. The summed E-state index contributed by atoms with van der Waals surface area (Å²) in [6.45, 7) is 6.41. The van der Waals surface area contributed by atoms with Gasteiger partial charge in [-0.05, 0) is 62.8 Å². The number of carbonyl (C=O) groups is 1. The van der Waals surface area contributed by atoms with Crippen molar-refractivity contribution in [1.82, 2.24) is 0 Å². The first kappa shape index (κ1) is 23.0. The molecule has 2 aromatic rings. The van der Waals surface area contributed by atoms with E-state index in [1.807, 2.05) is 12.1 Å². The zero-order chi connectivity index (χ0) is 21.4. The number of rotatable bonds is 10. The molecule has 3 nitrogen and oxygen atoms in total. The van der Waals surface area contributed by atoms with Gasteiger partial charge in [0.15, 0.2) is 0 Å². The summed E-state index contributed by atoms with van der Waals surface area (Å²) in [7, 11) is 1.74. The van der Waals surface area contributed by atoms with Crippen molar-refractivity contribution in [3.8, 4) is 0 Å². The van der Waals surface area contributed by atoms with E-state index in [2.05, 4.69) is 26.1 Å². The van der Waals surface area contributed by atoms with Crippen molar-refractivity contribution >= 4 is 11.6 Å². The van der Waals surface area contributed by atoms with E-state index >= 15 is 0 Å². The van der Waals surface area contributed by atoms with Gasteiger partial charge in [-0.25, -0.2) is 8.78 Å². The number of benzene rings is 2. The van der Waals surface area contributed by atoms with Crippen LogP contribution in [0.5, 0.6) is 0 Å². The van der Waals surface area contributed by atoms with Crippen molar-refractivity contribution in [1.29, 1.82) is 0 Å². The predicted octanol–water partition coefficient (Wildman–Crippen LogP) is 6.38. The van der Waals surface area contributed by atoms with Crippen LogP contribution in [0.3, 0.4) is 0 Å². The number of ether oxygens (including phenoxy) is 1. The van der Waals surface area contributed by atoms with Crippen molar-refractivity contribution in [2.45, 2.75) is 58.5 Å². The molecule has 5 heteroatoms. The third-order valence-electron chi connectivity index (χ3n) is 5.38. The van der Waals surface area contributed by atoms with Gasteiger partial charge in [0.2, 0.25) is 0 Å². The Morgan fingerprint density at radius 1 is 1.14 bits per heavy atom. The van der Waals surface area contributed by atoms with Crippen LogP contribution in [-0.4, -0.2) is 18.6 Å². The molecule has 29 heavy (non-hydrogen) atoms. The Morgan fingerprint density at radius 2 is 1.86 bits per heavy atom. The van der Waals surface area contributed by atoms with Gasteiger partial charge in [-0.2, -0.15) is 0 Å². The summed E-state index contributed by atoms with van der Waals surface area (Å²) >= 11 is 0. The van der Waals surface area contributed by atoms with Gasteiger partial charge in [-0.3, -0.25) is 4.79 Å². The summed E-state index contributed by atoms with van der Waals surface area (Å²) in [5.74, 6) is -1.33. The Morgan fingerprint density at radius 3 is 2.55 bits per heavy atom. The highest BCUT2D eigenvalue weighted by molar-refractivity contribution is 6.05. The summed E-state index contributed by atoms with van der Waals surface area (Å²) in [5, 5.41) is 2.54.